The van der Waals surface area contributed by atoms with E-state index in [0.29, 0.717) is 17.0 Å². The number of carbonyl (C=O) groups is 1. The van der Waals surface area contributed by atoms with Crippen molar-refractivity contribution in [1.82, 2.24) is 9.88 Å². The van der Waals surface area contributed by atoms with E-state index in [1.165, 1.54) is 0 Å². The zero-order chi connectivity index (χ0) is 17.4. The molecule has 0 saturated heterocycles. The fourth-order valence-electron chi connectivity index (χ4n) is 2.19. The summed E-state index contributed by atoms with van der Waals surface area (Å²) in [4.78, 5) is 18.7. The van der Waals surface area contributed by atoms with E-state index in [-0.39, 0.29) is 5.91 Å². The van der Waals surface area contributed by atoms with Crippen LogP contribution in [-0.2, 0) is 0 Å². The summed E-state index contributed by atoms with van der Waals surface area (Å²) in [6.45, 7) is 1.87. The van der Waals surface area contributed by atoms with Crippen LogP contribution in [0.1, 0.15) is 16.8 Å². The highest BCUT2D eigenvalue weighted by Gasteiger charge is 2.09. The standard InChI is InChI=1S/C18H24N4O2/c1-22(2)12-6-11-19-17-10-9-14(13-20-17)18(23)21-15-7-4-5-8-16(15)24-3/h4-5,7-10,13H,6,11-12H2,1-3H3,(H,19,20)(H,21,23). The van der Waals surface area contributed by atoms with Gasteiger partial charge in [-0.3, -0.25) is 4.79 Å². The minimum atomic E-state index is -0.217. The van der Waals surface area contributed by atoms with Crippen LogP contribution in [0.5, 0.6) is 5.75 Å². The number of rotatable bonds is 8. The van der Waals surface area contributed by atoms with Gasteiger partial charge in [-0.1, -0.05) is 12.1 Å². The van der Waals surface area contributed by atoms with Gasteiger partial charge in [-0.05, 0) is 51.3 Å². The number of aromatic nitrogens is 1. The Bertz CT molecular complexity index is 656. The van der Waals surface area contributed by atoms with Gasteiger partial charge in [0.25, 0.3) is 5.91 Å². The molecule has 0 atom stereocenters. The molecule has 2 aromatic rings. The third-order valence-electron chi connectivity index (χ3n) is 3.47. The highest BCUT2D eigenvalue weighted by atomic mass is 16.5. The summed E-state index contributed by atoms with van der Waals surface area (Å²) < 4.78 is 5.23. The first-order valence-electron chi connectivity index (χ1n) is 7.89. The molecule has 1 aromatic carbocycles. The largest absolute Gasteiger partial charge is 0.495 e. The second-order valence-electron chi connectivity index (χ2n) is 5.67. The van der Waals surface area contributed by atoms with Gasteiger partial charge in [0.1, 0.15) is 11.6 Å². The van der Waals surface area contributed by atoms with E-state index in [1.54, 1.807) is 31.5 Å². The van der Waals surface area contributed by atoms with Crippen LogP contribution in [0.25, 0.3) is 0 Å². The molecule has 0 saturated carbocycles. The second-order valence-corrected chi connectivity index (χ2v) is 5.67. The molecule has 0 unspecified atom stereocenters. The predicted octanol–water partition coefficient (Wildman–Crippen LogP) is 2.71. The van der Waals surface area contributed by atoms with E-state index >= 15 is 0 Å². The molecule has 0 spiro atoms. The van der Waals surface area contributed by atoms with E-state index in [2.05, 4.69) is 20.5 Å². The highest BCUT2D eigenvalue weighted by Crippen LogP contribution is 2.23. The molecule has 24 heavy (non-hydrogen) atoms. The molecule has 2 rings (SSSR count). The smallest absolute Gasteiger partial charge is 0.257 e. The summed E-state index contributed by atoms with van der Waals surface area (Å²) in [5.41, 5.74) is 1.13. The molecular formula is C18H24N4O2. The molecule has 128 valence electrons. The van der Waals surface area contributed by atoms with Crippen molar-refractivity contribution in [2.75, 3.05) is 44.9 Å². The molecule has 2 N–H and O–H groups in total. The predicted molar refractivity (Wildman–Crippen MR) is 96.8 cm³/mol. The first kappa shape index (κ1) is 17.7. The summed E-state index contributed by atoms with van der Waals surface area (Å²) in [6, 6.07) is 10.9. The summed E-state index contributed by atoms with van der Waals surface area (Å²) in [7, 11) is 5.67. The maximum Gasteiger partial charge on any atom is 0.257 e. The minimum Gasteiger partial charge on any atom is -0.495 e. The number of carbonyl (C=O) groups excluding carboxylic acids is 1. The van der Waals surface area contributed by atoms with Crippen LogP contribution in [0, 0.1) is 0 Å². The number of methoxy groups -OCH3 is 1. The fourth-order valence-corrected chi connectivity index (χ4v) is 2.19. The van der Waals surface area contributed by atoms with Crippen LogP contribution in [0.2, 0.25) is 0 Å². The average Bonchev–Trinajstić information content (AvgIpc) is 2.59. The topological polar surface area (TPSA) is 66.5 Å². The molecule has 1 heterocycles. The van der Waals surface area contributed by atoms with Crippen molar-refractivity contribution in [3.8, 4) is 5.75 Å². The van der Waals surface area contributed by atoms with E-state index in [0.717, 1.165) is 25.3 Å². The lowest BCUT2D eigenvalue weighted by molar-refractivity contribution is 0.102. The van der Waals surface area contributed by atoms with Crippen molar-refractivity contribution in [2.45, 2.75) is 6.42 Å². The van der Waals surface area contributed by atoms with Crippen LogP contribution in [0.4, 0.5) is 11.5 Å². The number of amides is 1. The van der Waals surface area contributed by atoms with E-state index < -0.39 is 0 Å². The lowest BCUT2D eigenvalue weighted by Crippen LogP contribution is -2.17. The summed E-state index contributed by atoms with van der Waals surface area (Å²) in [6.07, 6.45) is 2.60. The van der Waals surface area contributed by atoms with E-state index in [4.69, 9.17) is 4.74 Å². The number of anilines is 2. The van der Waals surface area contributed by atoms with Crippen molar-refractivity contribution in [1.29, 1.82) is 0 Å². The molecule has 0 aliphatic rings. The van der Waals surface area contributed by atoms with Crippen LogP contribution in [0.3, 0.4) is 0 Å². The maximum absolute atomic E-state index is 12.3. The molecule has 0 fully saturated rings. The minimum absolute atomic E-state index is 0.217. The second kappa shape index (κ2) is 8.88. The first-order valence-corrected chi connectivity index (χ1v) is 7.89. The van der Waals surface area contributed by atoms with Gasteiger partial charge in [-0.25, -0.2) is 4.98 Å². The summed E-state index contributed by atoms with van der Waals surface area (Å²) in [5.74, 6) is 1.17. The number of ether oxygens (including phenoxy) is 1. The van der Waals surface area contributed by atoms with E-state index in [1.807, 2.05) is 32.3 Å². The van der Waals surface area contributed by atoms with Gasteiger partial charge >= 0.3 is 0 Å². The van der Waals surface area contributed by atoms with Crippen LogP contribution < -0.4 is 15.4 Å². The van der Waals surface area contributed by atoms with Crippen molar-refractivity contribution >= 4 is 17.4 Å². The lowest BCUT2D eigenvalue weighted by Gasteiger charge is -2.11. The highest BCUT2D eigenvalue weighted by molar-refractivity contribution is 6.04. The molecule has 6 nitrogen and oxygen atoms in total. The van der Waals surface area contributed by atoms with E-state index in [9.17, 15) is 4.79 Å². The summed E-state index contributed by atoms with van der Waals surface area (Å²) in [5, 5.41) is 6.08. The van der Waals surface area contributed by atoms with Crippen LogP contribution >= 0.6 is 0 Å². The maximum atomic E-state index is 12.3. The normalized spacial score (nSPS) is 10.5. The number of hydrogen-bond acceptors (Lipinski definition) is 5. The van der Waals surface area contributed by atoms with Crippen molar-refractivity contribution in [3.63, 3.8) is 0 Å². The number of nitrogens with zero attached hydrogens (tertiary/aromatic N) is 2. The summed E-state index contributed by atoms with van der Waals surface area (Å²) >= 11 is 0. The van der Waals surface area contributed by atoms with Crippen LogP contribution in [0.15, 0.2) is 42.6 Å². The fraction of sp³-hybridized carbons (Fsp3) is 0.333. The van der Waals surface area contributed by atoms with Gasteiger partial charge in [0.05, 0.1) is 18.4 Å². The van der Waals surface area contributed by atoms with Crippen LogP contribution in [-0.4, -0.2) is 50.1 Å². The van der Waals surface area contributed by atoms with Crippen molar-refractivity contribution in [3.05, 3.63) is 48.2 Å². The molecular weight excluding hydrogens is 304 g/mol. The van der Waals surface area contributed by atoms with Crippen molar-refractivity contribution in [2.24, 2.45) is 0 Å². The van der Waals surface area contributed by atoms with Gasteiger partial charge in [-0.2, -0.15) is 0 Å². The van der Waals surface area contributed by atoms with Gasteiger partial charge in [-0.15, -0.1) is 0 Å². The van der Waals surface area contributed by atoms with Gasteiger partial charge in [0.2, 0.25) is 0 Å². The number of pyridine rings is 1. The Kier molecular flexibility index (Phi) is 6.57. The molecule has 0 aliphatic carbocycles. The zero-order valence-electron chi connectivity index (χ0n) is 14.4. The Morgan fingerprint density at radius 2 is 2.00 bits per heavy atom. The Hall–Kier alpha value is -2.60. The Balaban J connectivity index is 1.91. The Labute approximate surface area is 142 Å². The van der Waals surface area contributed by atoms with Gasteiger partial charge in [0, 0.05) is 12.7 Å². The number of hydrogen-bond donors (Lipinski definition) is 2. The third-order valence-corrected chi connectivity index (χ3v) is 3.47. The quantitative estimate of drug-likeness (QED) is 0.729. The average molecular weight is 328 g/mol. The number of para-hydroxylation sites is 2. The Morgan fingerprint density at radius 3 is 2.67 bits per heavy atom. The molecule has 6 heteroatoms. The molecule has 1 aromatic heterocycles. The number of benzene rings is 1. The van der Waals surface area contributed by atoms with Gasteiger partial charge in [0.15, 0.2) is 0 Å². The molecule has 1 amide bonds. The third kappa shape index (κ3) is 5.24. The molecule has 0 aliphatic heterocycles. The lowest BCUT2D eigenvalue weighted by atomic mass is 10.2. The number of nitrogens with one attached hydrogen (secondary N) is 2. The van der Waals surface area contributed by atoms with Crippen molar-refractivity contribution < 1.29 is 9.53 Å². The monoisotopic (exact) mass is 328 g/mol. The SMILES string of the molecule is COc1ccccc1NC(=O)c1ccc(NCCCN(C)C)nc1. The Morgan fingerprint density at radius 1 is 1.21 bits per heavy atom. The zero-order valence-corrected chi connectivity index (χ0v) is 14.4. The molecule has 0 radical (unpaired) electrons. The molecule has 0 bridgehead atoms. The first-order chi connectivity index (χ1) is 11.6. The van der Waals surface area contributed by atoms with Gasteiger partial charge < -0.3 is 20.3 Å².